The molecule has 0 spiro atoms. The van der Waals surface area contributed by atoms with Crippen LogP contribution in [0.4, 0.5) is 0 Å². The van der Waals surface area contributed by atoms with Gasteiger partial charge in [0.15, 0.2) is 0 Å². The Morgan fingerprint density at radius 3 is 2.29 bits per heavy atom. The van der Waals surface area contributed by atoms with Crippen LogP contribution >= 0.6 is 0 Å². The minimum Gasteiger partial charge on any atom is -0.377 e. The third kappa shape index (κ3) is 2.68. The molecule has 1 aliphatic heterocycles. The molecule has 1 aliphatic rings. The first-order chi connectivity index (χ1) is 7.95. The van der Waals surface area contributed by atoms with E-state index in [-0.39, 0.29) is 0 Å². The number of hydrogen-bond donors (Lipinski definition) is 1. The summed E-state index contributed by atoms with van der Waals surface area (Å²) >= 11 is 0. The van der Waals surface area contributed by atoms with E-state index in [0.717, 1.165) is 12.0 Å². The SMILES string of the molecule is CCc1ccc(S(=O)(=O)NC2(C)COC2)cc1. The van der Waals surface area contributed by atoms with Crippen molar-refractivity contribution in [1.29, 1.82) is 0 Å². The first-order valence-corrected chi connectivity index (χ1v) is 7.14. The number of benzene rings is 1. The molecule has 1 aromatic rings. The van der Waals surface area contributed by atoms with E-state index < -0.39 is 15.6 Å². The van der Waals surface area contributed by atoms with Crippen LogP contribution in [-0.2, 0) is 21.2 Å². The molecular formula is C12H17NO3S. The molecule has 0 aliphatic carbocycles. The van der Waals surface area contributed by atoms with Gasteiger partial charge in [-0.05, 0) is 31.0 Å². The molecule has 0 unspecified atom stereocenters. The van der Waals surface area contributed by atoms with Gasteiger partial charge in [-0.15, -0.1) is 0 Å². The maximum Gasteiger partial charge on any atom is 0.241 e. The van der Waals surface area contributed by atoms with Gasteiger partial charge in [-0.1, -0.05) is 19.1 Å². The van der Waals surface area contributed by atoms with Gasteiger partial charge in [-0.3, -0.25) is 0 Å². The van der Waals surface area contributed by atoms with Crippen LogP contribution in [0.3, 0.4) is 0 Å². The molecule has 1 saturated heterocycles. The van der Waals surface area contributed by atoms with Gasteiger partial charge in [0, 0.05) is 0 Å². The second kappa shape index (κ2) is 4.40. The second-order valence-electron chi connectivity index (χ2n) is 4.66. The maximum absolute atomic E-state index is 12.1. The number of aryl methyl sites for hydroxylation is 1. The number of nitrogens with one attached hydrogen (secondary N) is 1. The minimum absolute atomic E-state index is 0.308. The summed E-state index contributed by atoms with van der Waals surface area (Å²) in [6.45, 7) is 4.74. The Kier molecular flexibility index (Phi) is 3.25. The van der Waals surface area contributed by atoms with E-state index in [1.165, 1.54) is 0 Å². The fourth-order valence-corrected chi connectivity index (χ4v) is 3.13. The Bertz CT molecular complexity index is 489. The minimum atomic E-state index is -3.43. The van der Waals surface area contributed by atoms with Crippen LogP contribution in [0.2, 0.25) is 0 Å². The van der Waals surface area contributed by atoms with Crippen molar-refractivity contribution in [3.63, 3.8) is 0 Å². The van der Waals surface area contributed by atoms with E-state index in [1.807, 2.05) is 26.0 Å². The summed E-state index contributed by atoms with van der Waals surface area (Å²) in [5.74, 6) is 0. The largest absolute Gasteiger partial charge is 0.377 e. The second-order valence-corrected chi connectivity index (χ2v) is 6.34. The highest BCUT2D eigenvalue weighted by molar-refractivity contribution is 7.89. The lowest BCUT2D eigenvalue weighted by Crippen LogP contribution is -2.59. The summed E-state index contributed by atoms with van der Waals surface area (Å²) < 4.78 is 31.8. The van der Waals surface area contributed by atoms with Crippen LogP contribution < -0.4 is 4.72 Å². The molecule has 0 radical (unpaired) electrons. The summed E-state index contributed by atoms with van der Waals surface area (Å²) in [5, 5.41) is 0. The Morgan fingerprint density at radius 2 is 1.88 bits per heavy atom. The van der Waals surface area contributed by atoms with Crippen LogP contribution in [0.25, 0.3) is 0 Å². The average molecular weight is 255 g/mol. The molecule has 4 nitrogen and oxygen atoms in total. The van der Waals surface area contributed by atoms with Gasteiger partial charge < -0.3 is 4.74 Å². The van der Waals surface area contributed by atoms with E-state index in [0.29, 0.717) is 18.1 Å². The van der Waals surface area contributed by atoms with Crippen molar-refractivity contribution >= 4 is 10.0 Å². The molecule has 0 amide bonds. The Morgan fingerprint density at radius 1 is 1.29 bits per heavy atom. The molecule has 2 rings (SSSR count). The summed E-state index contributed by atoms with van der Waals surface area (Å²) in [7, 11) is -3.43. The van der Waals surface area contributed by atoms with Gasteiger partial charge in [0.2, 0.25) is 10.0 Å². The highest BCUT2D eigenvalue weighted by Crippen LogP contribution is 2.20. The molecule has 0 atom stereocenters. The predicted octanol–water partition coefficient (Wildman–Crippen LogP) is 1.32. The monoisotopic (exact) mass is 255 g/mol. The third-order valence-electron chi connectivity index (χ3n) is 2.86. The first kappa shape index (κ1) is 12.5. The highest BCUT2D eigenvalue weighted by Gasteiger charge is 2.37. The van der Waals surface area contributed by atoms with Crippen LogP contribution in [0.5, 0.6) is 0 Å². The zero-order valence-electron chi connectivity index (χ0n) is 10.1. The maximum atomic E-state index is 12.1. The van der Waals surface area contributed by atoms with Crippen molar-refractivity contribution in [1.82, 2.24) is 4.72 Å². The zero-order valence-corrected chi connectivity index (χ0v) is 10.9. The van der Waals surface area contributed by atoms with Gasteiger partial charge in [0.25, 0.3) is 0 Å². The van der Waals surface area contributed by atoms with Gasteiger partial charge in [0.05, 0.1) is 23.6 Å². The molecule has 1 aromatic carbocycles. The highest BCUT2D eigenvalue weighted by atomic mass is 32.2. The van der Waals surface area contributed by atoms with Crippen molar-refractivity contribution in [2.24, 2.45) is 0 Å². The van der Waals surface area contributed by atoms with Crippen LogP contribution in [0.15, 0.2) is 29.2 Å². The predicted molar refractivity (Wildman–Crippen MR) is 65.4 cm³/mol. The lowest BCUT2D eigenvalue weighted by atomic mass is 10.0. The van der Waals surface area contributed by atoms with Crippen LogP contribution in [0, 0.1) is 0 Å². The number of ether oxygens (including phenoxy) is 1. The smallest absolute Gasteiger partial charge is 0.241 e. The molecule has 0 aromatic heterocycles. The number of hydrogen-bond acceptors (Lipinski definition) is 3. The molecule has 5 heteroatoms. The lowest BCUT2D eigenvalue weighted by Gasteiger charge is -2.38. The van der Waals surface area contributed by atoms with Crippen LogP contribution in [0.1, 0.15) is 19.4 Å². The number of sulfonamides is 1. The van der Waals surface area contributed by atoms with E-state index in [1.54, 1.807) is 12.1 Å². The molecule has 1 heterocycles. The lowest BCUT2D eigenvalue weighted by molar-refractivity contribution is -0.0523. The van der Waals surface area contributed by atoms with Crippen molar-refractivity contribution in [2.45, 2.75) is 30.7 Å². The van der Waals surface area contributed by atoms with Crippen molar-refractivity contribution in [3.05, 3.63) is 29.8 Å². The fourth-order valence-electron chi connectivity index (χ4n) is 1.75. The van der Waals surface area contributed by atoms with Crippen molar-refractivity contribution in [2.75, 3.05) is 13.2 Å². The van der Waals surface area contributed by atoms with E-state index in [9.17, 15) is 8.42 Å². The van der Waals surface area contributed by atoms with Gasteiger partial charge in [-0.2, -0.15) is 0 Å². The summed E-state index contributed by atoms with van der Waals surface area (Å²) in [6, 6.07) is 6.97. The molecule has 94 valence electrons. The summed E-state index contributed by atoms with van der Waals surface area (Å²) in [4.78, 5) is 0.308. The van der Waals surface area contributed by atoms with Gasteiger partial charge in [-0.25, -0.2) is 13.1 Å². The van der Waals surface area contributed by atoms with Gasteiger partial charge >= 0.3 is 0 Å². The number of rotatable bonds is 4. The molecule has 0 saturated carbocycles. The Balaban J connectivity index is 2.19. The van der Waals surface area contributed by atoms with Gasteiger partial charge in [0.1, 0.15) is 0 Å². The molecule has 17 heavy (non-hydrogen) atoms. The Hall–Kier alpha value is -0.910. The molecular weight excluding hydrogens is 238 g/mol. The van der Waals surface area contributed by atoms with E-state index in [4.69, 9.17) is 4.74 Å². The molecule has 1 fully saturated rings. The summed E-state index contributed by atoms with van der Waals surface area (Å²) in [6.07, 6.45) is 0.902. The molecule has 1 N–H and O–H groups in total. The molecule has 0 bridgehead atoms. The topological polar surface area (TPSA) is 55.4 Å². The fraction of sp³-hybridized carbons (Fsp3) is 0.500. The Labute approximate surface area is 102 Å². The normalized spacial score (nSPS) is 18.7. The van der Waals surface area contributed by atoms with E-state index >= 15 is 0 Å². The van der Waals surface area contributed by atoms with Crippen molar-refractivity contribution in [3.8, 4) is 0 Å². The van der Waals surface area contributed by atoms with E-state index in [2.05, 4.69) is 4.72 Å². The zero-order chi connectivity index (χ0) is 12.5. The summed E-state index contributed by atoms with van der Waals surface area (Å²) in [5.41, 5.74) is 0.671. The van der Waals surface area contributed by atoms with Crippen LogP contribution in [-0.4, -0.2) is 27.2 Å². The first-order valence-electron chi connectivity index (χ1n) is 5.66. The average Bonchev–Trinajstić information content (AvgIpc) is 2.26. The third-order valence-corrected chi connectivity index (χ3v) is 4.52. The standard InChI is InChI=1S/C12H17NO3S/c1-3-10-4-6-11(7-5-10)17(14,15)13-12(2)8-16-9-12/h4-7,13H,3,8-9H2,1-2H3. The quantitative estimate of drug-likeness (QED) is 0.882. The van der Waals surface area contributed by atoms with Crippen molar-refractivity contribution < 1.29 is 13.2 Å².